The number of methoxy groups -OCH3 is 1. The van der Waals surface area contributed by atoms with E-state index in [0.717, 1.165) is 11.5 Å². The number of halogens is 1. The van der Waals surface area contributed by atoms with E-state index >= 15 is 0 Å². The van der Waals surface area contributed by atoms with E-state index < -0.39 is 0 Å². The van der Waals surface area contributed by atoms with Crippen molar-refractivity contribution in [1.29, 1.82) is 0 Å². The van der Waals surface area contributed by atoms with Crippen molar-refractivity contribution >= 4 is 21.7 Å². The number of ether oxygens (including phenoxy) is 1. The van der Waals surface area contributed by atoms with Crippen LogP contribution in [0.25, 0.3) is 11.6 Å². The molecule has 0 aliphatic heterocycles. The van der Waals surface area contributed by atoms with E-state index in [1.54, 1.807) is 20.2 Å². The maximum atomic E-state index is 5.43. The largest absolute Gasteiger partial charge is 0.446 e. The molecule has 1 N–H and O–H groups in total. The van der Waals surface area contributed by atoms with E-state index in [4.69, 9.17) is 9.15 Å². The molecule has 6 heteroatoms. The van der Waals surface area contributed by atoms with E-state index in [2.05, 4.69) is 31.2 Å². The van der Waals surface area contributed by atoms with Crippen LogP contribution >= 0.6 is 15.9 Å². The zero-order valence-corrected chi connectivity index (χ0v) is 11.1. The summed E-state index contributed by atoms with van der Waals surface area (Å²) in [6.45, 7) is 0.437. The molecule has 0 fully saturated rings. The quantitative estimate of drug-likeness (QED) is 0.940. The molecule has 2 aromatic heterocycles. The molecule has 0 aliphatic carbocycles. The second-order valence-corrected chi connectivity index (χ2v) is 4.14. The van der Waals surface area contributed by atoms with E-state index in [-0.39, 0.29) is 0 Å². The van der Waals surface area contributed by atoms with Crippen molar-refractivity contribution in [3.63, 3.8) is 0 Å². The topological polar surface area (TPSA) is 60.2 Å². The standard InChI is InChI=1S/C11H12BrN3O2/c1-13-10-5-7(6-16-2)14-11(15-10)8-3-4-9(12)17-8/h3-5H,6H2,1-2H3,(H,13,14,15). The number of aromatic nitrogens is 2. The number of hydrogen-bond acceptors (Lipinski definition) is 5. The summed E-state index contributed by atoms with van der Waals surface area (Å²) in [6, 6.07) is 5.46. The number of furan rings is 1. The van der Waals surface area contributed by atoms with Crippen LogP contribution in [-0.2, 0) is 11.3 Å². The van der Waals surface area contributed by atoms with Gasteiger partial charge in [0.2, 0.25) is 0 Å². The van der Waals surface area contributed by atoms with Gasteiger partial charge in [0.15, 0.2) is 16.3 Å². The maximum absolute atomic E-state index is 5.43. The third kappa shape index (κ3) is 2.83. The average Bonchev–Trinajstić information content (AvgIpc) is 2.76. The second-order valence-electron chi connectivity index (χ2n) is 3.35. The first-order valence-electron chi connectivity index (χ1n) is 5.03. The van der Waals surface area contributed by atoms with Gasteiger partial charge in [0.05, 0.1) is 12.3 Å². The van der Waals surface area contributed by atoms with E-state index in [9.17, 15) is 0 Å². The van der Waals surface area contributed by atoms with Crippen LogP contribution in [0.5, 0.6) is 0 Å². The molecule has 0 saturated carbocycles. The minimum atomic E-state index is 0.437. The molecule has 5 nitrogen and oxygen atoms in total. The summed E-state index contributed by atoms with van der Waals surface area (Å²) >= 11 is 3.25. The Morgan fingerprint density at radius 1 is 1.41 bits per heavy atom. The third-order valence-electron chi connectivity index (χ3n) is 2.12. The van der Waals surface area contributed by atoms with Crippen LogP contribution in [0.3, 0.4) is 0 Å². The minimum Gasteiger partial charge on any atom is -0.446 e. The molecule has 2 rings (SSSR count). The molecule has 0 radical (unpaired) electrons. The molecule has 0 unspecified atom stereocenters. The lowest BCUT2D eigenvalue weighted by Gasteiger charge is -2.05. The Bertz CT molecular complexity index is 513. The third-order valence-corrected chi connectivity index (χ3v) is 2.55. The number of rotatable bonds is 4. The molecule has 90 valence electrons. The maximum Gasteiger partial charge on any atom is 0.197 e. The molecule has 0 saturated heterocycles. The number of anilines is 1. The van der Waals surface area contributed by atoms with Crippen molar-refractivity contribution in [2.45, 2.75) is 6.61 Å². The van der Waals surface area contributed by atoms with Crippen molar-refractivity contribution in [3.05, 3.63) is 28.6 Å². The lowest BCUT2D eigenvalue weighted by atomic mass is 10.3. The van der Waals surface area contributed by atoms with Gasteiger partial charge in [-0.15, -0.1) is 0 Å². The number of hydrogen-bond donors (Lipinski definition) is 1. The van der Waals surface area contributed by atoms with Gasteiger partial charge < -0.3 is 14.5 Å². The minimum absolute atomic E-state index is 0.437. The van der Waals surface area contributed by atoms with Gasteiger partial charge in [-0.25, -0.2) is 9.97 Å². The molecule has 2 aromatic rings. The molecular formula is C11H12BrN3O2. The summed E-state index contributed by atoms with van der Waals surface area (Å²) in [5, 5.41) is 2.98. The summed E-state index contributed by atoms with van der Waals surface area (Å²) < 4.78 is 11.1. The van der Waals surface area contributed by atoms with Crippen LogP contribution in [0.1, 0.15) is 5.69 Å². The van der Waals surface area contributed by atoms with Crippen molar-refractivity contribution in [3.8, 4) is 11.6 Å². The predicted octanol–water partition coefficient (Wildman–Crippen LogP) is 2.69. The molecule has 0 aromatic carbocycles. The van der Waals surface area contributed by atoms with Crippen LogP contribution in [-0.4, -0.2) is 24.1 Å². The van der Waals surface area contributed by atoms with Gasteiger partial charge in [0, 0.05) is 20.2 Å². The van der Waals surface area contributed by atoms with Gasteiger partial charge in [-0.2, -0.15) is 0 Å². The summed E-state index contributed by atoms with van der Waals surface area (Å²) in [5.41, 5.74) is 0.800. The molecule has 0 atom stereocenters. The molecule has 0 amide bonds. The Hall–Kier alpha value is -1.40. The highest BCUT2D eigenvalue weighted by molar-refractivity contribution is 9.10. The normalized spacial score (nSPS) is 10.5. The monoisotopic (exact) mass is 297 g/mol. The van der Waals surface area contributed by atoms with Crippen molar-refractivity contribution in [2.75, 3.05) is 19.5 Å². The van der Waals surface area contributed by atoms with E-state index in [1.807, 2.05) is 12.1 Å². The zero-order chi connectivity index (χ0) is 12.3. The fourth-order valence-corrected chi connectivity index (χ4v) is 1.70. The molecular weight excluding hydrogens is 286 g/mol. The zero-order valence-electron chi connectivity index (χ0n) is 9.53. The first-order valence-corrected chi connectivity index (χ1v) is 5.82. The van der Waals surface area contributed by atoms with Crippen LogP contribution in [0.4, 0.5) is 5.82 Å². The SMILES string of the molecule is CNc1cc(COC)nc(-c2ccc(Br)o2)n1. The van der Waals surface area contributed by atoms with Crippen molar-refractivity contribution < 1.29 is 9.15 Å². The van der Waals surface area contributed by atoms with Crippen LogP contribution in [0.15, 0.2) is 27.3 Å². The summed E-state index contributed by atoms with van der Waals surface area (Å²) in [7, 11) is 3.44. The summed E-state index contributed by atoms with van der Waals surface area (Å²) in [6.07, 6.45) is 0. The van der Waals surface area contributed by atoms with Crippen molar-refractivity contribution in [2.24, 2.45) is 0 Å². The van der Waals surface area contributed by atoms with E-state index in [1.165, 1.54) is 0 Å². The van der Waals surface area contributed by atoms with Gasteiger partial charge in [0.1, 0.15) is 5.82 Å². The average molecular weight is 298 g/mol. The lowest BCUT2D eigenvalue weighted by Crippen LogP contribution is -2.01. The van der Waals surface area contributed by atoms with Crippen molar-refractivity contribution in [1.82, 2.24) is 9.97 Å². The lowest BCUT2D eigenvalue weighted by molar-refractivity contribution is 0.181. The number of nitrogens with one attached hydrogen (secondary N) is 1. The number of nitrogens with zero attached hydrogens (tertiary/aromatic N) is 2. The highest BCUT2D eigenvalue weighted by Crippen LogP contribution is 2.23. The Morgan fingerprint density at radius 3 is 2.82 bits per heavy atom. The van der Waals surface area contributed by atoms with Crippen LogP contribution in [0, 0.1) is 0 Å². The van der Waals surface area contributed by atoms with Gasteiger partial charge in [0.25, 0.3) is 0 Å². The first kappa shape index (κ1) is 12.1. The molecule has 0 spiro atoms. The van der Waals surface area contributed by atoms with Crippen LogP contribution < -0.4 is 5.32 Å². The van der Waals surface area contributed by atoms with E-state index in [0.29, 0.717) is 22.9 Å². The Kier molecular flexibility index (Phi) is 3.75. The Labute approximate surface area is 107 Å². The molecule has 0 aliphatic rings. The molecule has 0 bridgehead atoms. The smallest absolute Gasteiger partial charge is 0.197 e. The summed E-state index contributed by atoms with van der Waals surface area (Å²) in [5.74, 6) is 1.88. The highest BCUT2D eigenvalue weighted by atomic mass is 79.9. The highest BCUT2D eigenvalue weighted by Gasteiger charge is 2.09. The fraction of sp³-hybridized carbons (Fsp3) is 0.273. The van der Waals surface area contributed by atoms with Gasteiger partial charge in [-0.05, 0) is 28.1 Å². The van der Waals surface area contributed by atoms with Crippen LogP contribution in [0.2, 0.25) is 0 Å². The molecule has 17 heavy (non-hydrogen) atoms. The van der Waals surface area contributed by atoms with Gasteiger partial charge in [-0.1, -0.05) is 0 Å². The molecule has 2 heterocycles. The predicted molar refractivity (Wildman–Crippen MR) is 67.7 cm³/mol. The Morgan fingerprint density at radius 2 is 2.24 bits per heavy atom. The summed E-state index contributed by atoms with van der Waals surface area (Å²) in [4.78, 5) is 8.69. The first-order chi connectivity index (χ1) is 8.22. The van der Waals surface area contributed by atoms with Gasteiger partial charge in [-0.3, -0.25) is 0 Å². The second kappa shape index (κ2) is 5.29. The van der Waals surface area contributed by atoms with Gasteiger partial charge >= 0.3 is 0 Å². The Balaban J connectivity index is 2.42. The fourth-order valence-electron chi connectivity index (χ4n) is 1.39.